The lowest BCUT2D eigenvalue weighted by molar-refractivity contribution is -0.00466. The zero-order valence-electron chi connectivity index (χ0n) is 11.5. The molecule has 1 aliphatic carbocycles. The van der Waals surface area contributed by atoms with Crippen molar-refractivity contribution < 1.29 is 9.53 Å². The molecule has 0 amide bonds. The molecule has 0 N–H and O–H groups in total. The van der Waals surface area contributed by atoms with Crippen LogP contribution >= 0.6 is 11.3 Å². The van der Waals surface area contributed by atoms with E-state index < -0.39 is 0 Å². The van der Waals surface area contributed by atoms with Crippen molar-refractivity contribution in [1.29, 1.82) is 0 Å². The molecule has 1 aliphatic heterocycles. The first-order valence-electron chi connectivity index (χ1n) is 6.91. The third-order valence-electron chi connectivity index (χ3n) is 4.16. The van der Waals surface area contributed by atoms with E-state index in [1.54, 1.807) is 7.11 Å². The third kappa shape index (κ3) is 2.54. The molecule has 1 saturated carbocycles. The Kier molecular flexibility index (Phi) is 3.35. The first kappa shape index (κ1) is 13.1. The summed E-state index contributed by atoms with van der Waals surface area (Å²) >= 11 is 1.54. The standard InChI is InChI=1S/C14H20N2O2S/c1-14(18-2)6-3-7-16(9-14)13-15-12(10-4-5-10)11(8-17)19-13/h8,10H,3-7,9H2,1-2H3. The van der Waals surface area contributed by atoms with Gasteiger partial charge in [-0.25, -0.2) is 4.98 Å². The van der Waals surface area contributed by atoms with Crippen molar-refractivity contribution in [2.45, 2.75) is 44.1 Å². The van der Waals surface area contributed by atoms with Crippen LogP contribution < -0.4 is 4.90 Å². The first-order valence-corrected chi connectivity index (χ1v) is 7.73. The highest BCUT2D eigenvalue weighted by molar-refractivity contribution is 7.17. The minimum atomic E-state index is -0.0923. The molecule has 2 heterocycles. The van der Waals surface area contributed by atoms with Crippen molar-refractivity contribution in [3.8, 4) is 0 Å². The van der Waals surface area contributed by atoms with Gasteiger partial charge in [0.15, 0.2) is 11.4 Å². The number of piperidine rings is 1. The van der Waals surface area contributed by atoms with Gasteiger partial charge >= 0.3 is 0 Å². The summed E-state index contributed by atoms with van der Waals surface area (Å²) < 4.78 is 5.62. The van der Waals surface area contributed by atoms with Gasteiger partial charge < -0.3 is 9.64 Å². The van der Waals surface area contributed by atoms with Gasteiger partial charge in [0.05, 0.1) is 16.2 Å². The van der Waals surface area contributed by atoms with Crippen molar-refractivity contribution in [2.24, 2.45) is 0 Å². The maximum Gasteiger partial charge on any atom is 0.186 e. The molecule has 1 atom stereocenters. The van der Waals surface area contributed by atoms with Crippen LogP contribution in [0.3, 0.4) is 0 Å². The van der Waals surface area contributed by atoms with Gasteiger partial charge in [0.25, 0.3) is 0 Å². The first-order chi connectivity index (χ1) is 9.15. The van der Waals surface area contributed by atoms with E-state index in [-0.39, 0.29) is 5.60 Å². The smallest absolute Gasteiger partial charge is 0.186 e. The van der Waals surface area contributed by atoms with Crippen molar-refractivity contribution >= 4 is 22.8 Å². The molecular formula is C14H20N2O2S. The van der Waals surface area contributed by atoms with Crippen LogP contribution in [0.15, 0.2) is 0 Å². The number of rotatable bonds is 4. The molecule has 2 aliphatic rings. The lowest BCUT2D eigenvalue weighted by Crippen LogP contribution is -2.47. The van der Waals surface area contributed by atoms with E-state index in [4.69, 9.17) is 9.72 Å². The Hall–Kier alpha value is -0.940. The summed E-state index contributed by atoms with van der Waals surface area (Å²) in [5, 5.41) is 0.993. The highest BCUT2D eigenvalue weighted by Gasteiger charge is 2.34. The molecule has 19 heavy (non-hydrogen) atoms. The van der Waals surface area contributed by atoms with Crippen LogP contribution in [0.1, 0.15) is 53.9 Å². The van der Waals surface area contributed by atoms with E-state index in [0.717, 1.165) is 47.9 Å². The van der Waals surface area contributed by atoms with E-state index in [2.05, 4.69) is 11.8 Å². The van der Waals surface area contributed by atoms with Crippen molar-refractivity contribution in [1.82, 2.24) is 4.98 Å². The Balaban J connectivity index is 1.83. The van der Waals surface area contributed by atoms with Crippen LogP contribution in [0.2, 0.25) is 0 Å². The number of carbonyl (C=O) groups is 1. The van der Waals surface area contributed by atoms with Crippen LogP contribution in [0.5, 0.6) is 0 Å². The molecule has 0 spiro atoms. The highest BCUT2D eigenvalue weighted by atomic mass is 32.1. The number of methoxy groups -OCH3 is 1. The Morgan fingerprint density at radius 3 is 2.95 bits per heavy atom. The number of anilines is 1. The largest absolute Gasteiger partial charge is 0.377 e. The Labute approximate surface area is 117 Å². The zero-order valence-corrected chi connectivity index (χ0v) is 12.3. The van der Waals surface area contributed by atoms with Crippen molar-refractivity contribution in [3.63, 3.8) is 0 Å². The van der Waals surface area contributed by atoms with Gasteiger partial charge in [-0.05, 0) is 32.6 Å². The summed E-state index contributed by atoms with van der Waals surface area (Å²) in [5.74, 6) is 0.531. The molecular weight excluding hydrogens is 260 g/mol. The second kappa shape index (κ2) is 4.87. The van der Waals surface area contributed by atoms with Crippen LogP contribution in [0.4, 0.5) is 5.13 Å². The van der Waals surface area contributed by atoms with Crippen LogP contribution in [0, 0.1) is 0 Å². The lowest BCUT2D eigenvalue weighted by Gasteiger charge is -2.39. The van der Waals surface area contributed by atoms with Crippen LogP contribution in [0.25, 0.3) is 0 Å². The van der Waals surface area contributed by atoms with Crippen LogP contribution in [-0.4, -0.2) is 37.1 Å². The maximum absolute atomic E-state index is 11.2. The van der Waals surface area contributed by atoms with Gasteiger partial charge in [-0.2, -0.15) is 0 Å². The van der Waals surface area contributed by atoms with Gasteiger partial charge in [0, 0.05) is 26.1 Å². The monoisotopic (exact) mass is 280 g/mol. The average Bonchev–Trinajstić information content (AvgIpc) is 3.18. The number of aldehydes is 1. The maximum atomic E-state index is 11.2. The van der Waals surface area contributed by atoms with E-state index in [0.29, 0.717) is 5.92 Å². The number of hydrogen-bond donors (Lipinski definition) is 0. The Morgan fingerprint density at radius 2 is 2.32 bits per heavy atom. The van der Waals surface area contributed by atoms with E-state index in [1.807, 2.05) is 0 Å². The second-order valence-corrected chi connectivity index (χ2v) is 6.83. The molecule has 104 valence electrons. The quantitative estimate of drug-likeness (QED) is 0.795. The number of carbonyl (C=O) groups excluding carboxylic acids is 1. The Bertz CT molecular complexity index is 484. The molecule has 3 rings (SSSR count). The van der Waals surface area contributed by atoms with E-state index >= 15 is 0 Å². The minimum absolute atomic E-state index is 0.0923. The molecule has 1 aromatic rings. The normalized spacial score (nSPS) is 27.6. The van der Waals surface area contributed by atoms with Crippen molar-refractivity contribution in [2.75, 3.05) is 25.1 Å². The van der Waals surface area contributed by atoms with Gasteiger partial charge in [0.1, 0.15) is 0 Å². The summed E-state index contributed by atoms with van der Waals surface area (Å²) in [6.07, 6.45) is 5.52. The summed E-state index contributed by atoms with van der Waals surface area (Å²) in [6, 6.07) is 0. The number of hydrogen-bond acceptors (Lipinski definition) is 5. The number of ether oxygens (including phenoxy) is 1. The molecule has 1 aromatic heterocycles. The minimum Gasteiger partial charge on any atom is -0.377 e. The molecule has 1 unspecified atom stereocenters. The number of thiazole rings is 1. The number of aromatic nitrogens is 1. The number of nitrogens with zero attached hydrogens (tertiary/aromatic N) is 2. The molecule has 0 aromatic carbocycles. The SMILES string of the molecule is COC1(C)CCCN(c2nc(C3CC3)c(C=O)s2)C1. The zero-order chi connectivity index (χ0) is 13.5. The van der Waals surface area contributed by atoms with Gasteiger partial charge in [0.2, 0.25) is 0 Å². The van der Waals surface area contributed by atoms with Gasteiger partial charge in [-0.3, -0.25) is 4.79 Å². The predicted octanol–water partition coefficient (Wildman–Crippen LogP) is 2.84. The molecule has 4 nitrogen and oxygen atoms in total. The fraction of sp³-hybridized carbons (Fsp3) is 0.714. The molecule has 1 saturated heterocycles. The van der Waals surface area contributed by atoms with Crippen LogP contribution in [-0.2, 0) is 4.74 Å². The fourth-order valence-corrected chi connectivity index (χ4v) is 3.73. The Morgan fingerprint density at radius 1 is 1.53 bits per heavy atom. The highest BCUT2D eigenvalue weighted by Crippen LogP contribution is 2.44. The van der Waals surface area contributed by atoms with E-state index in [1.165, 1.54) is 24.2 Å². The van der Waals surface area contributed by atoms with Crippen molar-refractivity contribution in [3.05, 3.63) is 10.6 Å². The fourth-order valence-electron chi connectivity index (χ4n) is 2.74. The predicted molar refractivity (Wildman–Crippen MR) is 76.3 cm³/mol. The molecule has 0 bridgehead atoms. The third-order valence-corrected chi connectivity index (χ3v) is 5.22. The summed E-state index contributed by atoms with van der Waals surface area (Å²) in [5.41, 5.74) is 0.935. The molecule has 2 fully saturated rings. The summed E-state index contributed by atoms with van der Waals surface area (Å²) in [6.45, 7) is 4.02. The van der Waals surface area contributed by atoms with Gasteiger partial charge in [-0.1, -0.05) is 11.3 Å². The molecule has 0 radical (unpaired) electrons. The average molecular weight is 280 g/mol. The molecule has 5 heteroatoms. The van der Waals surface area contributed by atoms with Gasteiger partial charge in [-0.15, -0.1) is 0 Å². The van der Waals surface area contributed by atoms with E-state index in [9.17, 15) is 4.79 Å². The second-order valence-electron chi connectivity index (χ2n) is 5.82. The lowest BCUT2D eigenvalue weighted by atomic mass is 9.95. The summed E-state index contributed by atoms with van der Waals surface area (Å²) in [7, 11) is 1.78. The topological polar surface area (TPSA) is 42.4 Å². The summed E-state index contributed by atoms with van der Waals surface area (Å²) in [4.78, 5) is 19.0.